The number of aliphatic hydroxyl groups is 2. The van der Waals surface area contributed by atoms with Crippen LogP contribution in [-0.2, 0) is 9.53 Å². The van der Waals surface area contributed by atoms with Crippen molar-refractivity contribution >= 4 is 5.97 Å². The summed E-state index contributed by atoms with van der Waals surface area (Å²) in [5, 5.41) is 22.3. The minimum atomic E-state index is -0.672. The van der Waals surface area contributed by atoms with Crippen molar-refractivity contribution in [1.29, 1.82) is 0 Å². The lowest BCUT2D eigenvalue weighted by Crippen LogP contribution is -2.62. The fourth-order valence-electron chi connectivity index (χ4n) is 8.36. The van der Waals surface area contributed by atoms with Crippen molar-refractivity contribution in [2.24, 2.45) is 34.5 Å². The van der Waals surface area contributed by atoms with Crippen LogP contribution in [0.5, 0.6) is 0 Å². The minimum Gasteiger partial charge on any atom is -0.458 e. The van der Waals surface area contributed by atoms with E-state index in [1.54, 1.807) is 0 Å². The second-order valence-electron chi connectivity index (χ2n) is 10.7. The highest BCUT2D eigenvalue weighted by molar-refractivity contribution is 5.91. The summed E-state index contributed by atoms with van der Waals surface area (Å²) in [5.41, 5.74) is 0.185. The summed E-state index contributed by atoms with van der Waals surface area (Å²) in [5.74, 6) is 1.45. The molecule has 0 saturated heterocycles. The van der Waals surface area contributed by atoms with Gasteiger partial charge in [0.2, 0.25) is 0 Å². The fourth-order valence-corrected chi connectivity index (χ4v) is 8.36. The largest absolute Gasteiger partial charge is 0.458 e. The molecular formula is C23H34O4. The lowest BCUT2D eigenvalue weighted by atomic mass is 9.43. The Morgan fingerprint density at radius 1 is 1.04 bits per heavy atom. The Balaban J connectivity index is 1.48. The molecule has 0 aromatic heterocycles. The van der Waals surface area contributed by atoms with Gasteiger partial charge in [0.25, 0.3) is 0 Å². The van der Waals surface area contributed by atoms with Crippen molar-refractivity contribution in [2.75, 3.05) is 6.61 Å². The molecule has 0 aromatic carbocycles. The topological polar surface area (TPSA) is 66.8 Å². The second-order valence-corrected chi connectivity index (χ2v) is 10.7. The molecule has 4 aliphatic carbocycles. The molecule has 150 valence electrons. The molecule has 0 bridgehead atoms. The zero-order valence-corrected chi connectivity index (χ0v) is 16.7. The van der Waals surface area contributed by atoms with Crippen molar-refractivity contribution in [3.05, 3.63) is 11.6 Å². The van der Waals surface area contributed by atoms with Gasteiger partial charge in [0.1, 0.15) is 6.61 Å². The van der Waals surface area contributed by atoms with Crippen LogP contribution in [0.1, 0.15) is 71.6 Å². The summed E-state index contributed by atoms with van der Waals surface area (Å²) in [6.07, 6.45) is 10.8. The van der Waals surface area contributed by atoms with E-state index in [1.807, 2.05) is 6.08 Å². The maximum absolute atomic E-state index is 12.2. The number of fused-ring (bicyclic) bond motifs is 5. The third-order valence-corrected chi connectivity index (χ3v) is 9.95. The molecule has 5 aliphatic rings. The highest BCUT2D eigenvalue weighted by Crippen LogP contribution is 2.69. The number of carbonyl (C=O) groups is 1. The quantitative estimate of drug-likeness (QED) is 0.688. The Hall–Kier alpha value is -0.870. The van der Waals surface area contributed by atoms with E-state index in [0.29, 0.717) is 24.4 Å². The average Bonchev–Trinajstić information content (AvgIpc) is 3.16. The second kappa shape index (κ2) is 5.82. The van der Waals surface area contributed by atoms with Crippen molar-refractivity contribution < 1.29 is 19.7 Å². The van der Waals surface area contributed by atoms with Crippen LogP contribution in [0.4, 0.5) is 0 Å². The van der Waals surface area contributed by atoms with Gasteiger partial charge in [0.05, 0.1) is 11.7 Å². The van der Waals surface area contributed by atoms with Gasteiger partial charge in [-0.15, -0.1) is 0 Å². The molecule has 4 fully saturated rings. The third-order valence-electron chi connectivity index (χ3n) is 9.95. The Labute approximate surface area is 162 Å². The van der Waals surface area contributed by atoms with Gasteiger partial charge in [-0.1, -0.05) is 13.8 Å². The molecule has 5 unspecified atom stereocenters. The molecule has 0 amide bonds. The van der Waals surface area contributed by atoms with Crippen LogP contribution in [0, 0.1) is 34.5 Å². The van der Waals surface area contributed by atoms with Crippen LogP contribution in [-0.4, -0.2) is 34.5 Å². The normalized spacial score (nSPS) is 54.6. The maximum Gasteiger partial charge on any atom is 0.334 e. The summed E-state index contributed by atoms with van der Waals surface area (Å²) in [4.78, 5) is 12.2. The Bertz CT molecular complexity index is 686. The molecule has 4 heteroatoms. The van der Waals surface area contributed by atoms with Crippen molar-refractivity contribution in [2.45, 2.75) is 83.3 Å². The monoisotopic (exact) mass is 374 g/mol. The zero-order valence-electron chi connectivity index (χ0n) is 16.7. The number of hydrogen-bond donors (Lipinski definition) is 2. The first-order valence-corrected chi connectivity index (χ1v) is 11.1. The van der Waals surface area contributed by atoms with Gasteiger partial charge in [-0.3, -0.25) is 0 Å². The first-order chi connectivity index (χ1) is 12.8. The number of carbonyl (C=O) groups excluding carboxylic acids is 1. The maximum atomic E-state index is 12.2. The van der Waals surface area contributed by atoms with E-state index in [-0.39, 0.29) is 28.8 Å². The van der Waals surface area contributed by atoms with Crippen molar-refractivity contribution in [3.63, 3.8) is 0 Å². The molecule has 1 aliphatic heterocycles. The number of aliphatic hydroxyl groups excluding tert-OH is 1. The van der Waals surface area contributed by atoms with Crippen LogP contribution in [0.15, 0.2) is 11.6 Å². The molecule has 0 spiro atoms. The van der Waals surface area contributed by atoms with E-state index in [1.165, 1.54) is 0 Å². The van der Waals surface area contributed by atoms with Gasteiger partial charge in [-0.25, -0.2) is 4.79 Å². The van der Waals surface area contributed by atoms with Crippen LogP contribution in [0.3, 0.4) is 0 Å². The number of ether oxygens (including phenoxy) is 1. The molecule has 2 N–H and O–H groups in total. The van der Waals surface area contributed by atoms with E-state index in [4.69, 9.17) is 4.74 Å². The lowest BCUT2D eigenvalue weighted by molar-refractivity contribution is -0.208. The number of cyclic esters (lactones) is 1. The molecule has 1 heterocycles. The fraction of sp³-hybridized carbons (Fsp3) is 0.870. The van der Waals surface area contributed by atoms with Crippen LogP contribution >= 0.6 is 0 Å². The van der Waals surface area contributed by atoms with Gasteiger partial charge >= 0.3 is 5.97 Å². The summed E-state index contributed by atoms with van der Waals surface area (Å²) in [6.45, 7) is 5.08. The summed E-state index contributed by atoms with van der Waals surface area (Å²) in [7, 11) is 0. The third kappa shape index (κ3) is 2.26. The highest BCUT2D eigenvalue weighted by Gasteiger charge is 2.68. The van der Waals surface area contributed by atoms with Gasteiger partial charge < -0.3 is 14.9 Å². The molecule has 5 rings (SSSR count). The van der Waals surface area contributed by atoms with E-state index in [2.05, 4.69) is 13.8 Å². The molecule has 0 aromatic rings. The van der Waals surface area contributed by atoms with Crippen LogP contribution in [0.25, 0.3) is 0 Å². The van der Waals surface area contributed by atoms with Crippen molar-refractivity contribution in [1.82, 2.24) is 0 Å². The molecule has 4 saturated carbocycles. The number of rotatable bonds is 1. The number of esters is 1. The zero-order chi connectivity index (χ0) is 19.0. The van der Waals surface area contributed by atoms with Gasteiger partial charge in [-0.2, -0.15) is 0 Å². The minimum absolute atomic E-state index is 0.132. The van der Waals surface area contributed by atoms with Crippen molar-refractivity contribution in [3.8, 4) is 0 Å². The van der Waals surface area contributed by atoms with Gasteiger partial charge in [0.15, 0.2) is 0 Å². The Kier molecular flexibility index (Phi) is 3.92. The summed E-state index contributed by atoms with van der Waals surface area (Å²) in [6, 6.07) is 0. The first-order valence-electron chi connectivity index (χ1n) is 11.1. The van der Waals surface area contributed by atoms with Gasteiger partial charge in [0, 0.05) is 11.0 Å². The molecule has 4 nitrogen and oxygen atoms in total. The number of hydrogen-bond acceptors (Lipinski definition) is 4. The molecular weight excluding hydrogens is 340 g/mol. The molecule has 8 atom stereocenters. The van der Waals surface area contributed by atoms with E-state index < -0.39 is 5.60 Å². The predicted molar refractivity (Wildman–Crippen MR) is 102 cm³/mol. The Morgan fingerprint density at radius 3 is 2.59 bits per heavy atom. The van der Waals surface area contributed by atoms with Crippen LogP contribution in [0.2, 0.25) is 0 Å². The molecule has 27 heavy (non-hydrogen) atoms. The molecule has 0 radical (unpaired) electrons. The van der Waals surface area contributed by atoms with Gasteiger partial charge in [-0.05, 0) is 93.0 Å². The smallest absolute Gasteiger partial charge is 0.334 e. The SMILES string of the molecule is CC12CCC3C(CC[C@@H]4CC(O)CC[C@]34C)C1(O)CC[C@@H]2C1=CCOC1=O. The predicted octanol–water partition coefficient (Wildman–Crippen LogP) is 3.60. The van der Waals surface area contributed by atoms with E-state index in [0.717, 1.165) is 63.4 Å². The summed E-state index contributed by atoms with van der Waals surface area (Å²) >= 11 is 0. The van der Waals surface area contributed by atoms with Crippen LogP contribution < -0.4 is 0 Å². The first kappa shape index (κ1) is 18.2. The Morgan fingerprint density at radius 2 is 1.85 bits per heavy atom. The summed E-state index contributed by atoms with van der Waals surface area (Å²) < 4.78 is 5.20. The van der Waals surface area contributed by atoms with E-state index in [9.17, 15) is 15.0 Å². The lowest BCUT2D eigenvalue weighted by Gasteiger charge is -2.63. The highest BCUT2D eigenvalue weighted by atomic mass is 16.5. The standard InChI is InChI=1S/C23H34O4/c1-21-9-5-15(24)13-14(21)3-4-19-18(21)6-10-22(2)17(7-11-23(19,22)26)16-8-12-27-20(16)25/h8,14-15,17-19,24,26H,3-7,9-13H2,1-2H3/t14-,15?,17-,18?,19?,21+,22?,23?/m1/s1. The van der Waals surface area contributed by atoms with E-state index >= 15 is 0 Å². The average molecular weight is 375 g/mol.